The van der Waals surface area contributed by atoms with Gasteiger partial charge in [-0.3, -0.25) is 4.90 Å². The minimum absolute atomic E-state index is 0.349. The van der Waals surface area contributed by atoms with Gasteiger partial charge in [0.2, 0.25) is 0 Å². The molecule has 1 saturated heterocycles. The molecule has 0 aliphatic carbocycles. The lowest BCUT2D eigenvalue weighted by Gasteiger charge is -2.26. The molecule has 0 unspecified atom stereocenters. The quantitative estimate of drug-likeness (QED) is 0.917. The molecule has 3 nitrogen and oxygen atoms in total. The minimum Gasteiger partial charge on any atom is -0.508 e. The van der Waals surface area contributed by atoms with Crippen molar-refractivity contribution in [3.8, 4) is 5.75 Å². The third-order valence-corrected chi connectivity index (χ3v) is 4.30. The summed E-state index contributed by atoms with van der Waals surface area (Å²) in [6.45, 7) is 7.84. The number of phenolic OH excluding ortho intramolecular Hbond substituents is 1. The zero-order chi connectivity index (χ0) is 14.1. The van der Waals surface area contributed by atoms with Crippen LogP contribution in [0.3, 0.4) is 0 Å². The van der Waals surface area contributed by atoms with Crippen LogP contribution in [0.1, 0.15) is 44.7 Å². The van der Waals surface area contributed by atoms with Gasteiger partial charge in [-0.2, -0.15) is 0 Å². The Hall–Kier alpha value is -1.48. The number of fused-ring (bicyclic) bond motifs is 1. The van der Waals surface area contributed by atoms with Gasteiger partial charge in [0, 0.05) is 30.2 Å². The summed E-state index contributed by atoms with van der Waals surface area (Å²) >= 11 is 0. The van der Waals surface area contributed by atoms with Crippen molar-refractivity contribution in [3.05, 3.63) is 30.0 Å². The molecule has 0 saturated carbocycles. The molecular formula is C17H24N2O. The third kappa shape index (κ3) is 2.55. The van der Waals surface area contributed by atoms with Crippen LogP contribution in [0.4, 0.5) is 0 Å². The molecule has 3 rings (SSSR count). The topological polar surface area (TPSA) is 28.4 Å². The number of piperidine rings is 1. The number of hydrogen-bond donors (Lipinski definition) is 1. The summed E-state index contributed by atoms with van der Waals surface area (Å²) in [4.78, 5) is 2.55. The number of benzene rings is 1. The molecular weight excluding hydrogens is 248 g/mol. The van der Waals surface area contributed by atoms with Gasteiger partial charge in [-0.1, -0.05) is 6.42 Å². The second-order valence-corrected chi connectivity index (χ2v) is 6.19. The molecule has 0 amide bonds. The molecule has 1 aliphatic rings. The maximum Gasteiger partial charge on any atom is 0.117 e. The standard InChI is InChI=1S/C17H24N2O/c1-13(2)19-12-14(11-18-8-4-3-5-9-18)16-7-6-15(20)10-17(16)19/h6-7,10,12-13,20H,3-5,8-9,11H2,1-2H3. The molecule has 2 heterocycles. The normalized spacial score (nSPS) is 17.1. The fourth-order valence-corrected chi connectivity index (χ4v) is 3.22. The molecule has 3 heteroatoms. The van der Waals surface area contributed by atoms with Crippen LogP contribution in [0.2, 0.25) is 0 Å². The number of hydrogen-bond acceptors (Lipinski definition) is 2. The number of aromatic nitrogens is 1. The fraction of sp³-hybridized carbons (Fsp3) is 0.529. The molecule has 1 aromatic carbocycles. The van der Waals surface area contributed by atoms with Gasteiger partial charge in [0.05, 0.1) is 5.52 Å². The molecule has 1 aliphatic heterocycles. The van der Waals surface area contributed by atoms with E-state index < -0.39 is 0 Å². The molecule has 2 aromatic rings. The lowest BCUT2D eigenvalue weighted by molar-refractivity contribution is 0.221. The first-order valence-electron chi connectivity index (χ1n) is 7.70. The maximum absolute atomic E-state index is 9.74. The predicted molar refractivity (Wildman–Crippen MR) is 83.1 cm³/mol. The minimum atomic E-state index is 0.349. The van der Waals surface area contributed by atoms with Crippen molar-refractivity contribution in [2.75, 3.05) is 13.1 Å². The molecule has 0 bridgehead atoms. The molecule has 20 heavy (non-hydrogen) atoms. The summed E-state index contributed by atoms with van der Waals surface area (Å²) in [5, 5.41) is 11.0. The number of likely N-dealkylation sites (tertiary alicyclic amines) is 1. The zero-order valence-corrected chi connectivity index (χ0v) is 12.5. The molecule has 1 fully saturated rings. The van der Waals surface area contributed by atoms with Gasteiger partial charge in [-0.15, -0.1) is 0 Å². The van der Waals surface area contributed by atoms with E-state index >= 15 is 0 Å². The van der Waals surface area contributed by atoms with Gasteiger partial charge in [0.25, 0.3) is 0 Å². The summed E-state index contributed by atoms with van der Waals surface area (Å²) in [6.07, 6.45) is 6.29. The number of aromatic hydroxyl groups is 1. The Kier molecular flexibility index (Phi) is 3.70. The Morgan fingerprint density at radius 2 is 1.90 bits per heavy atom. The highest BCUT2D eigenvalue weighted by Crippen LogP contribution is 2.29. The van der Waals surface area contributed by atoms with E-state index in [2.05, 4.69) is 35.6 Å². The summed E-state index contributed by atoms with van der Waals surface area (Å²) in [7, 11) is 0. The Morgan fingerprint density at radius 3 is 2.60 bits per heavy atom. The van der Waals surface area contributed by atoms with Crippen LogP contribution >= 0.6 is 0 Å². The molecule has 1 aromatic heterocycles. The van der Waals surface area contributed by atoms with Crippen LogP contribution in [0.15, 0.2) is 24.4 Å². The second-order valence-electron chi connectivity index (χ2n) is 6.19. The van der Waals surface area contributed by atoms with Crippen molar-refractivity contribution in [1.29, 1.82) is 0 Å². The first-order valence-corrected chi connectivity index (χ1v) is 7.70. The lowest BCUT2D eigenvalue weighted by atomic mass is 10.1. The number of phenols is 1. The maximum atomic E-state index is 9.74. The van der Waals surface area contributed by atoms with Crippen molar-refractivity contribution in [3.63, 3.8) is 0 Å². The van der Waals surface area contributed by atoms with Crippen LogP contribution < -0.4 is 0 Å². The van der Waals surface area contributed by atoms with Crippen LogP contribution in [0.25, 0.3) is 10.9 Å². The first-order chi connectivity index (χ1) is 9.65. The number of nitrogens with zero attached hydrogens (tertiary/aromatic N) is 2. The fourth-order valence-electron chi connectivity index (χ4n) is 3.22. The highest BCUT2D eigenvalue weighted by molar-refractivity contribution is 5.85. The SMILES string of the molecule is CC(C)n1cc(CN2CCCCC2)c2ccc(O)cc21. The van der Waals surface area contributed by atoms with Gasteiger partial charge in [0.15, 0.2) is 0 Å². The molecule has 108 valence electrons. The van der Waals surface area contributed by atoms with E-state index in [0.29, 0.717) is 11.8 Å². The van der Waals surface area contributed by atoms with E-state index in [1.165, 1.54) is 43.3 Å². The van der Waals surface area contributed by atoms with E-state index in [1.54, 1.807) is 6.07 Å². The zero-order valence-electron chi connectivity index (χ0n) is 12.5. The van der Waals surface area contributed by atoms with Crippen LogP contribution in [-0.2, 0) is 6.54 Å². The van der Waals surface area contributed by atoms with Crippen LogP contribution in [0, 0.1) is 0 Å². The van der Waals surface area contributed by atoms with Crippen molar-refractivity contribution in [1.82, 2.24) is 9.47 Å². The van der Waals surface area contributed by atoms with Gasteiger partial charge < -0.3 is 9.67 Å². The van der Waals surface area contributed by atoms with E-state index in [0.717, 1.165) is 12.1 Å². The molecule has 0 atom stereocenters. The average molecular weight is 272 g/mol. The Morgan fingerprint density at radius 1 is 1.15 bits per heavy atom. The largest absolute Gasteiger partial charge is 0.508 e. The average Bonchev–Trinajstić information content (AvgIpc) is 2.78. The monoisotopic (exact) mass is 272 g/mol. The summed E-state index contributed by atoms with van der Waals surface area (Å²) < 4.78 is 2.27. The molecule has 0 radical (unpaired) electrons. The summed E-state index contributed by atoms with van der Waals surface area (Å²) in [5.41, 5.74) is 2.53. The van der Waals surface area contributed by atoms with Gasteiger partial charge >= 0.3 is 0 Å². The third-order valence-electron chi connectivity index (χ3n) is 4.30. The summed E-state index contributed by atoms with van der Waals surface area (Å²) in [5.74, 6) is 0.349. The highest BCUT2D eigenvalue weighted by Gasteiger charge is 2.15. The van der Waals surface area contributed by atoms with E-state index in [1.807, 2.05) is 6.07 Å². The Bertz CT molecular complexity index is 594. The van der Waals surface area contributed by atoms with Crippen molar-refractivity contribution in [2.45, 2.75) is 45.7 Å². The molecule has 0 spiro atoms. The van der Waals surface area contributed by atoms with Gasteiger partial charge in [0.1, 0.15) is 5.75 Å². The second kappa shape index (κ2) is 5.49. The van der Waals surface area contributed by atoms with Crippen LogP contribution in [0.5, 0.6) is 5.75 Å². The van der Waals surface area contributed by atoms with Gasteiger partial charge in [-0.05, 0) is 57.5 Å². The predicted octanol–water partition coefficient (Wildman–Crippen LogP) is 3.91. The van der Waals surface area contributed by atoms with Crippen molar-refractivity contribution < 1.29 is 5.11 Å². The Labute approximate surface area is 120 Å². The number of rotatable bonds is 3. The van der Waals surface area contributed by atoms with E-state index in [-0.39, 0.29) is 0 Å². The highest BCUT2D eigenvalue weighted by atomic mass is 16.3. The van der Waals surface area contributed by atoms with Gasteiger partial charge in [-0.25, -0.2) is 0 Å². The Balaban J connectivity index is 1.97. The van der Waals surface area contributed by atoms with E-state index in [4.69, 9.17) is 0 Å². The lowest BCUT2D eigenvalue weighted by Crippen LogP contribution is -2.28. The summed E-state index contributed by atoms with van der Waals surface area (Å²) in [6, 6.07) is 6.15. The smallest absolute Gasteiger partial charge is 0.117 e. The first kappa shape index (κ1) is 13.5. The molecule has 1 N–H and O–H groups in total. The van der Waals surface area contributed by atoms with E-state index in [9.17, 15) is 5.11 Å². The van der Waals surface area contributed by atoms with Crippen molar-refractivity contribution >= 4 is 10.9 Å². The van der Waals surface area contributed by atoms with Crippen LogP contribution in [-0.4, -0.2) is 27.7 Å². The van der Waals surface area contributed by atoms with Crippen molar-refractivity contribution in [2.24, 2.45) is 0 Å².